The van der Waals surface area contributed by atoms with Gasteiger partial charge in [-0.2, -0.15) is 0 Å². The molecule has 0 radical (unpaired) electrons. The maximum Gasteiger partial charge on any atom is 0.328 e. The van der Waals surface area contributed by atoms with E-state index in [2.05, 4.69) is 9.97 Å². The van der Waals surface area contributed by atoms with Crippen LogP contribution in [0.3, 0.4) is 0 Å². The van der Waals surface area contributed by atoms with Crippen LogP contribution in [0.5, 0.6) is 0 Å². The standard InChI is InChI=1S/C15H14N4O2/c1-9-7-19(15(21)18-14(9)20)8-10-4-5-12(16)11-3-2-6-17-13(10)11/h2-7H,8,16H2,1H3,(H,18,20,21). The van der Waals surface area contributed by atoms with Gasteiger partial charge in [-0.1, -0.05) is 6.07 Å². The summed E-state index contributed by atoms with van der Waals surface area (Å²) in [4.78, 5) is 29.9. The van der Waals surface area contributed by atoms with Gasteiger partial charge in [0, 0.05) is 29.0 Å². The minimum absolute atomic E-state index is 0.324. The first-order valence-electron chi connectivity index (χ1n) is 6.49. The molecule has 0 aliphatic heterocycles. The van der Waals surface area contributed by atoms with Crippen LogP contribution in [-0.2, 0) is 6.54 Å². The van der Waals surface area contributed by atoms with E-state index in [1.807, 2.05) is 18.2 Å². The van der Waals surface area contributed by atoms with E-state index in [1.165, 1.54) is 4.57 Å². The van der Waals surface area contributed by atoms with Crippen LogP contribution in [0.2, 0.25) is 0 Å². The van der Waals surface area contributed by atoms with Crippen LogP contribution >= 0.6 is 0 Å². The lowest BCUT2D eigenvalue weighted by Gasteiger charge is -2.10. The van der Waals surface area contributed by atoms with Gasteiger partial charge in [0.15, 0.2) is 0 Å². The molecule has 0 fully saturated rings. The van der Waals surface area contributed by atoms with E-state index < -0.39 is 5.69 Å². The van der Waals surface area contributed by atoms with Crippen molar-refractivity contribution in [1.82, 2.24) is 14.5 Å². The van der Waals surface area contributed by atoms with Gasteiger partial charge in [-0.3, -0.25) is 19.3 Å². The van der Waals surface area contributed by atoms with E-state index >= 15 is 0 Å². The Bertz CT molecular complexity index is 940. The fraction of sp³-hybridized carbons (Fsp3) is 0.133. The van der Waals surface area contributed by atoms with Gasteiger partial charge in [-0.15, -0.1) is 0 Å². The van der Waals surface area contributed by atoms with Gasteiger partial charge in [0.2, 0.25) is 0 Å². The Morgan fingerprint density at radius 2 is 2.10 bits per heavy atom. The molecule has 0 aliphatic carbocycles. The molecular weight excluding hydrogens is 268 g/mol. The Kier molecular flexibility index (Phi) is 3.06. The molecule has 2 aromatic heterocycles. The minimum atomic E-state index is -0.438. The van der Waals surface area contributed by atoms with E-state index in [9.17, 15) is 9.59 Å². The van der Waals surface area contributed by atoms with E-state index in [0.29, 0.717) is 17.8 Å². The number of rotatable bonds is 2. The summed E-state index contributed by atoms with van der Waals surface area (Å²) < 4.78 is 1.45. The Morgan fingerprint density at radius 3 is 2.90 bits per heavy atom. The Labute approximate surface area is 119 Å². The number of nitrogens with two attached hydrogens (primary N) is 1. The Balaban J connectivity index is 2.15. The third kappa shape index (κ3) is 2.31. The highest BCUT2D eigenvalue weighted by molar-refractivity contribution is 5.92. The number of H-pyrrole nitrogens is 1. The van der Waals surface area contributed by atoms with Crippen LogP contribution in [0.1, 0.15) is 11.1 Å². The first-order chi connectivity index (χ1) is 10.1. The van der Waals surface area contributed by atoms with Crippen molar-refractivity contribution in [3.8, 4) is 0 Å². The number of anilines is 1. The molecule has 0 aliphatic rings. The number of nitrogens with one attached hydrogen (secondary N) is 1. The Hall–Kier alpha value is -2.89. The summed E-state index contributed by atoms with van der Waals surface area (Å²) in [5.74, 6) is 0. The lowest BCUT2D eigenvalue weighted by molar-refractivity contribution is 0.716. The van der Waals surface area contributed by atoms with Crippen LogP contribution in [-0.4, -0.2) is 14.5 Å². The fourth-order valence-electron chi connectivity index (χ4n) is 2.30. The summed E-state index contributed by atoms with van der Waals surface area (Å²) in [6, 6.07) is 7.35. The van der Waals surface area contributed by atoms with Crippen molar-refractivity contribution in [3.05, 3.63) is 68.6 Å². The molecule has 6 heteroatoms. The number of pyridine rings is 1. The molecule has 0 amide bonds. The number of aryl methyl sites for hydroxylation is 1. The SMILES string of the molecule is Cc1cn(Cc2ccc(N)c3cccnc23)c(=O)[nH]c1=O. The predicted molar refractivity (Wildman–Crippen MR) is 81.3 cm³/mol. The van der Waals surface area contributed by atoms with Crippen molar-refractivity contribution < 1.29 is 0 Å². The molecule has 3 aromatic rings. The first-order valence-corrected chi connectivity index (χ1v) is 6.49. The van der Waals surface area contributed by atoms with Crippen molar-refractivity contribution in [2.75, 3.05) is 5.73 Å². The molecule has 0 bridgehead atoms. The normalized spacial score (nSPS) is 10.9. The largest absolute Gasteiger partial charge is 0.398 e. The van der Waals surface area contributed by atoms with Crippen molar-refractivity contribution in [1.29, 1.82) is 0 Å². The van der Waals surface area contributed by atoms with Gasteiger partial charge in [-0.25, -0.2) is 4.79 Å². The van der Waals surface area contributed by atoms with Crippen molar-refractivity contribution in [2.45, 2.75) is 13.5 Å². The third-order valence-corrected chi connectivity index (χ3v) is 3.42. The van der Waals surface area contributed by atoms with Crippen molar-refractivity contribution >= 4 is 16.6 Å². The highest BCUT2D eigenvalue weighted by atomic mass is 16.2. The van der Waals surface area contributed by atoms with Crippen LogP contribution in [0.4, 0.5) is 5.69 Å². The predicted octanol–water partition coefficient (Wildman–Crippen LogP) is 1.02. The van der Waals surface area contributed by atoms with Crippen molar-refractivity contribution in [3.63, 3.8) is 0 Å². The molecule has 0 spiro atoms. The van der Waals surface area contributed by atoms with Crippen molar-refractivity contribution in [2.24, 2.45) is 0 Å². The summed E-state index contributed by atoms with van der Waals surface area (Å²) in [7, 11) is 0. The van der Waals surface area contributed by atoms with Gasteiger partial charge in [0.05, 0.1) is 12.1 Å². The smallest absolute Gasteiger partial charge is 0.328 e. The number of benzene rings is 1. The number of nitrogen functional groups attached to an aromatic ring is 1. The van der Waals surface area contributed by atoms with Gasteiger partial charge >= 0.3 is 5.69 Å². The summed E-state index contributed by atoms with van der Waals surface area (Å²) in [5, 5.41) is 0.851. The third-order valence-electron chi connectivity index (χ3n) is 3.42. The topological polar surface area (TPSA) is 93.8 Å². The Morgan fingerprint density at radius 1 is 1.29 bits per heavy atom. The van der Waals surface area contributed by atoms with Crippen LogP contribution in [0, 0.1) is 6.92 Å². The summed E-state index contributed by atoms with van der Waals surface area (Å²) >= 11 is 0. The van der Waals surface area contributed by atoms with E-state index in [1.54, 1.807) is 25.4 Å². The van der Waals surface area contributed by atoms with Gasteiger partial charge in [-0.05, 0) is 30.7 Å². The molecule has 0 saturated heterocycles. The quantitative estimate of drug-likeness (QED) is 0.686. The van der Waals surface area contributed by atoms with Gasteiger partial charge in [0.25, 0.3) is 5.56 Å². The van der Waals surface area contributed by atoms with E-state index in [0.717, 1.165) is 16.5 Å². The lowest BCUT2D eigenvalue weighted by Crippen LogP contribution is -2.31. The van der Waals surface area contributed by atoms with E-state index in [4.69, 9.17) is 5.73 Å². The highest BCUT2D eigenvalue weighted by Crippen LogP contribution is 2.22. The number of fused-ring (bicyclic) bond motifs is 1. The second kappa shape index (κ2) is 4.90. The first kappa shape index (κ1) is 13.1. The van der Waals surface area contributed by atoms with Crippen LogP contribution in [0.25, 0.3) is 10.9 Å². The molecule has 3 rings (SSSR count). The summed E-state index contributed by atoms with van der Waals surface area (Å²) in [5.41, 5.74) is 7.89. The minimum Gasteiger partial charge on any atom is -0.398 e. The summed E-state index contributed by atoms with van der Waals surface area (Å²) in [6.07, 6.45) is 3.23. The molecule has 1 aromatic carbocycles. The summed E-state index contributed by atoms with van der Waals surface area (Å²) in [6.45, 7) is 1.98. The zero-order valence-corrected chi connectivity index (χ0v) is 11.5. The average Bonchev–Trinajstić information content (AvgIpc) is 2.48. The van der Waals surface area contributed by atoms with Crippen LogP contribution in [0.15, 0.2) is 46.2 Å². The number of aromatic amines is 1. The number of hydrogen-bond acceptors (Lipinski definition) is 4. The molecule has 3 N–H and O–H groups in total. The zero-order chi connectivity index (χ0) is 15.0. The maximum absolute atomic E-state index is 11.9. The molecular formula is C15H14N4O2. The number of hydrogen-bond donors (Lipinski definition) is 2. The molecule has 6 nitrogen and oxygen atoms in total. The van der Waals surface area contributed by atoms with Gasteiger partial charge in [0.1, 0.15) is 0 Å². The zero-order valence-electron chi connectivity index (χ0n) is 11.5. The molecule has 21 heavy (non-hydrogen) atoms. The van der Waals surface area contributed by atoms with Gasteiger partial charge < -0.3 is 5.73 Å². The monoisotopic (exact) mass is 282 g/mol. The lowest BCUT2D eigenvalue weighted by atomic mass is 10.1. The average molecular weight is 282 g/mol. The fourth-order valence-corrected chi connectivity index (χ4v) is 2.30. The highest BCUT2D eigenvalue weighted by Gasteiger charge is 2.07. The number of nitrogens with zero attached hydrogens (tertiary/aromatic N) is 2. The van der Waals surface area contributed by atoms with Crippen LogP contribution < -0.4 is 17.0 Å². The molecule has 0 saturated carbocycles. The maximum atomic E-state index is 11.9. The molecule has 2 heterocycles. The molecule has 0 unspecified atom stereocenters. The number of aromatic nitrogens is 3. The van der Waals surface area contributed by atoms with E-state index in [-0.39, 0.29) is 5.56 Å². The molecule has 106 valence electrons. The molecule has 0 atom stereocenters. The second-order valence-electron chi connectivity index (χ2n) is 4.91. The second-order valence-corrected chi connectivity index (χ2v) is 4.91.